The van der Waals surface area contributed by atoms with Crippen LogP contribution in [0.2, 0.25) is 0 Å². The average Bonchev–Trinajstić information content (AvgIpc) is 2.68. The monoisotopic (exact) mass is 406 g/mol. The van der Waals surface area contributed by atoms with Crippen LogP contribution >= 0.6 is 0 Å². The Morgan fingerprint density at radius 3 is 1.55 bits per heavy atom. The molecule has 0 amide bonds. The second-order valence-electron chi connectivity index (χ2n) is 7.94. The van der Waals surface area contributed by atoms with Crippen LogP contribution in [-0.4, -0.2) is 27.3 Å². The van der Waals surface area contributed by atoms with Gasteiger partial charge in [-0.1, -0.05) is 90.4 Å². The summed E-state index contributed by atoms with van der Waals surface area (Å²) in [6.45, 7) is 2.24. The van der Waals surface area contributed by atoms with E-state index >= 15 is 0 Å². The Balaban J connectivity index is 2.19. The van der Waals surface area contributed by atoms with Crippen molar-refractivity contribution in [3.8, 4) is 5.75 Å². The Morgan fingerprint density at radius 1 is 0.690 bits per heavy atom. The minimum atomic E-state index is -1.31. The highest BCUT2D eigenvalue weighted by Crippen LogP contribution is 2.27. The van der Waals surface area contributed by atoms with Crippen molar-refractivity contribution >= 4 is 11.9 Å². The molecular formula is C24H38O5. The molecule has 3 N–H and O–H groups in total. The number of benzene rings is 1. The lowest BCUT2D eigenvalue weighted by Gasteiger charge is -2.11. The van der Waals surface area contributed by atoms with Crippen molar-refractivity contribution in [1.82, 2.24) is 0 Å². The van der Waals surface area contributed by atoms with Crippen molar-refractivity contribution in [1.29, 1.82) is 0 Å². The van der Waals surface area contributed by atoms with Crippen LogP contribution < -0.4 is 0 Å². The molecular weight excluding hydrogens is 368 g/mol. The third kappa shape index (κ3) is 9.82. The summed E-state index contributed by atoms with van der Waals surface area (Å²) in [7, 11) is 0. The Hall–Kier alpha value is -2.04. The molecule has 1 aromatic carbocycles. The SMILES string of the molecule is CCCCCCCCCCCCCCCCc1c(O)ccc(C(=O)O)c1C(=O)O. The second-order valence-corrected chi connectivity index (χ2v) is 7.94. The van der Waals surface area contributed by atoms with Gasteiger partial charge >= 0.3 is 11.9 Å². The topological polar surface area (TPSA) is 94.8 Å². The lowest BCUT2D eigenvalue weighted by molar-refractivity contribution is 0.0650. The number of carboxylic acid groups (broad SMARTS) is 2. The third-order valence-corrected chi connectivity index (χ3v) is 5.51. The molecule has 0 fully saturated rings. The molecule has 5 heteroatoms. The standard InChI is InChI=1S/C24H38O5/c1-2-3-4-5-6-7-8-9-10-11-12-13-14-15-16-19-21(25)18-17-20(23(26)27)22(19)24(28)29/h17-18,25H,2-16H2,1H3,(H,26,27)(H,28,29). The second kappa shape index (κ2) is 14.9. The molecule has 0 aliphatic rings. The van der Waals surface area contributed by atoms with E-state index in [1.807, 2.05) is 0 Å². The first-order valence-electron chi connectivity index (χ1n) is 11.3. The van der Waals surface area contributed by atoms with Gasteiger partial charge in [-0.25, -0.2) is 9.59 Å². The first-order chi connectivity index (χ1) is 14.0. The van der Waals surface area contributed by atoms with Crippen molar-refractivity contribution in [3.05, 3.63) is 28.8 Å². The van der Waals surface area contributed by atoms with Crippen molar-refractivity contribution < 1.29 is 24.9 Å². The summed E-state index contributed by atoms with van der Waals surface area (Å²) in [5.74, 6) is -2.73. The summed E-state index contributed by atoms with van der Waals surface area (Å²) >= 11 is 0. The number of hydrogen-bond acceptors (Lipinski definition) is 3. The van der Waals surface area contributed by atoms with Gasteiger partial charge in [-0.05, 0) is 25.0 Å². The summed E-state index contributed by atoms with van der Waals surface area (Å²) < 4.78 is 0. The fourth-order valence-corrected chi connectivity index (χ4v) is 3.81. The van der Waals surface area contributed by atoms with Crippen LogP contribution in [0.5, 0.6) is 5.75 Å². The van der Waals surface area contributed by atoms with Gasteiger partial charge in [0.15, 0.2) is 0 Å². The summed E-state index contributed by atoms with van der Waals surface area (Å²) in [5.41, 5.74) is -0.320. The molecule has 29 heavy (non-hydrogen) atoms. The van der Waals surface area contributed by atoms with Gasteiger partial charge in [0.05, 0.1) is 11.1 Å². The minimum absolute atomic E-state index is 0.137. The highest BCUT2D eigenvalue weighted by molar-refractivity contribution is 6.03. The van der Waals surface area contributed by atoms with Crippen LogP contribution in [0.25, 0.3) is 0 Å². The van der Waals surface area contributed by atoms with E-state index < -0.39 is 11.9 Å². The van der Waals surface area contributed by atoms with Crippen LogP contribution in [0.15, 0.2) is 12.1 Å². The molecule has 0 bridgehead atoms. The van der Waals surface area contributed by atoms with E-state index in [9.17, 15) is 24.9 Å². The van der Waals surface area contributed by atoms with Crippen LogP contribution in [-0.2, 0) is 6.42 Å². The van der Waals surface area contributed by atoms with E-state index in [1.165, 1.54) is 76.7 Å². The minimum Gasteiger partial charge on any atom is -0.508 e. The average molecular weight is 407 g/mol. The molecule has 0 saturated carbocycles. The predicted molar refractivity (Wildman–Crippen MR) is 116 cm³/mol. The molecule has 1 rings (SSSR count). The number of carbonyl (C=O) groups is 2. The van der Waals surface area contributed by atoms with Crippen molar-refractivity contribution in [3.63, 3.8) is 0 Å². The zero-order chi connectivity index (χ0) is 21.5. The zero-order valence-corrected chi connectivity index (χ0v) is 17.9. The van der Waals surface area contributed by atoms with Crippen LogP contribution in [0.1, 0.15) is 123 Å². The predicted octanol–water partition coefficient (Wildman–Crippen LogP) is 6.81. The highest BCUT2D eigenvalue weighted by Gasteiger charge is 2.22. The smallest absolute Gasteiger partial charge is 0.336 e. The van der Waals surface area contributed by atoms with E-state index in [2.05, 4.69) is 6.92 Å². The first-order valence-corrected chi connectivity index (χ1v) is 11.3. The maximum atomic E-state index is 11.5. The number of phenols is 1. The summed E-state index contributed by atoms with van der Waals surface area (Å²) in [6.07, 6.45) is 17.6. The van der Waals surface area contributed by atoms with Gasteiger partial charge in [-0.3, -0.25) is 0 Å². The Labute approximate surface area is 175 Å². The Bertz CT molecular complexity index is 624. The zero-order valence-electron chi connectivity index (χ0n) is 17.9. The Morgan fingerprint density at radius 2 is 1.14 bits per heavy atom. The van der Waals surface area contributed by atoms with Gasteiger partial charge < -0.3 is 15.3 Å². The van der Waals surface area contributed by atoms with E-state index in [0.717, 1.165) is 25.3 Å². The lowest BCUT2D eigenvalue weighted by atomic mass is 9.95. The highest BCUT2D eigenvalue weighted by atomic mass is 16.4. The van der Waals surface area contributed by atoms with Gasteiger partial charge in [0.1, 0.15) is 5.75 Å². The molecule has 0 heterocycles. The maximum Gasteiger partial charge on any atom is 0.336 e. The fraction of sp³-hybridized carbons (Fsp3) is 0.667. The molecule has 0 aliphatic heterocycles. The van der Waals surface area contributed by atoms with Crippen molar-refractivity contribution in [2.45, 2.75) is 103 Å². The number of unbranched alkanes of at least 4 members (excludes halogenated alkanes) is 13. The van der Waals surface area contributed by atoms with E-state index in [4.69, 9.17) is 0 Å². The molecule has 0 aromatic heterocycles. The largest absolute Gasteiger partial charge is 0.508 e. The van der Waals surface area contributed by atoms with Gasteiger partial charge in [-0.15, -0.1) is 0 Å². The molecule has 164 valence electrons. The fourth-order valence-electron chi connectivity index (χ4n) is 3.81. The number of aromatic hydroxyl groups is 1. The Kier molecular flexibility index (Phi) is 12.8. The summed E-state index contributed by atoms with van der Waals surface area (Å²) in [6, 6.07) is 2.42. The number of aromatic carboxylic acids is 2. The number of hydrogen-bond donors (Lipinski definition) is 3. The van der Waals surface area contributed by atoms with Gasteiger partial charge in [0, 0.05) is 5.56 Å². The van der Waals surface area contributed by atoms with Crippen LogP contribution in [0.3, 0.4) is 0 Å². The van der Waals surface area contributed by atoms with Gasteiger partial charge in [-0.2, -0.15) is 0 Å². The first kappa shape index (κ1) is 25.0. The molecule has 0 aliphatic carbocycles. The molecule has 1 aromatic rings. The number of rotatable bonds is 17. The molecule has 5 nitrogen and oxygen atoms in total. The molecule has 0 spiro atoms. The summed E-state index contributed by atoms with van der Waals surface area (Å²) in [4.78, 5) is 22.7. The van der Waals surface area contributed by atoms with Crippen molar-refractivity contribution in [2.24, 2.45) is 0 Å². The summed E-state index contributed by atoms with van der Waals surface area (Å²) in [5, 5.41) is 28.5. The van der Waals surface area contributed by atoms with Gasteiger partial charge in [0.2, 0.25) is 0 Å². The van der Waals surface area contributed by atoms with Crippen molar-refractivity contribution in [2.75, 3.05) is 0 Å². The van der Waals surface area contributed by atoms with E-state index in [-0.39, 0.29) is 22.4 Å². The van der Waals surface area contributed by atoms with Gasteiger partial charge in [0.25, 0.3) is 0 Å². The maximum absolute atomic E-state index is 11.5. The molecule has 0 unspecified atom stereocenters. The number of phenolic OH excluding ortho intramolecular Hbond substituents is 1. The van der Waals surface area contributed by atoms with Crippen LogP contribution in [0.4, 0.5) is 0 Å². The lowest BCUT2D eigenvalue weighted by Crippen LogP contribution is -2.11. The molecule has 0 saturated heterocycles. The molecule has 0 atom stereocenters. The van der Waals surface area contributed by atoms with Crippen LogP contribution in [0, 0.1) is 0 Å². The third-order valence-electron chi connectivity index (χ3n) is 5.51. The molecule has 0 radical (unpaired) electrons. The quantitative estimate of drug-likeness (QED) is 0.247. The van der Waals surface area contributed by atoms with E-state index in [1.54, 1.807) is 0 Å². The number of carboxylic acids is 2. The normalized spacial score (nSPS) is 10.9. The van der Waals surface area contributed by atoms with E-state index in [0.29, 0.717) is 6.42 Å².